The van der Waals surface area contributed by atoms with Crippen LogP contribution in [-0.4, -0.2) is 21.8 Å². The average Bonchev–Trinajstić information content (AvgIpc) is 2.85. The summed E-state index contributed by atoms with van der Waals surface area (Å²) in [6.07, 6.45) is 4.56. The van der Waals surface area contributed by atoms with Crippen molar-refractivity contribution in [3.63, 3.8) is 0 Å². The van der Waals surface area contributed by atoms with Gasteiger partial charge >= 0.3 is 0 Å². The molecule has 90 valence electrons. The lowest BCUT2D eigenvalue weighted by atomic mass is 10.1. The number of nitrogens with zero attached hydrogens (tertiary/aromatic N) is 3. The predicted molar refractivity (Wildman–Crippen MR) is 67.6 cm³/mol. The molecule has 2 heterocycles. The summed E-state index contributed by atoms with van der Waals surface area (Å²) in [4.78, 5) is 4.36. The first kappa shape index (κ1) is 11.8. The van der Waals surface area contributed by atoms with Crippen LogP contribution >= 0.6 is 0 Å². The van der Waals surface area contributed by atoms with E-state index in [0.29, 0.717) is 0 Å². The van der Waals surface area contributed by atoms with Crippen molar-refractivity contribution in [3.8, 4) is 0 Å². The van der Waals surface area contributed by atoms with Crippen molar-refractivity contribution in [1.82, 2.24) is 20.1 Å². The van der Waals surface area contributed by atoms with E-state index in [1.54, 1.807) is 0 Å². The number of rotatable bonds is 5. The van der Waals surface area contributed by atoms with E-state index in [2.05, 4.69) is 34.5 Å². The van der Waals surface area contributed by atoms with Crippen LogP contribution in [-0.2, 0) is 13.0 Å². The van der Waals surface area contributed by atoms with Crippen LogP contribution in [0.3, 0.4) is 0 Å². The molecule has 0 aliphatic heterocycles. The molecule has 0 spiro atoms. The highest BCUT2D eigenvalue weighted by molar-refractivity contribution is 5.13. The summed E-state index contributed by atoms with van der Waals surface area (Å²) in [7, 11) is 1.97. The first-order chi connectivity index (χ1) is 8.35. The summed E-state index contributed by atoms with van der Waals surface area (Å²) in [6.45, 7) is 2.99. The van der Waals surface area contributed by atoms with Crippen LogP contribution in [0.1, 0.15) is 24.4 Å². The highest BCUT2D eigenvalue weighted by atomic mass is 15.3. The lowest BCUT2D eigenvalue weighted by Gasteiger charge is -2.17. The number of aromatic nitrogens is 3. The highest BCUT2D eigenvalue weighted by Gasteiger charge is 2.14. The third-order valence-corrected chi connectivity index (χ3v) is 2.89. The van der Waals surface area contributed by atoms with Crippen LogP contribution in [0.15, 0.2) is 36.7 Å². The number of likely N-dealkylation sites (N-methyl/N-ethyl adjacent to an activating group) is 1. The molecule has 0 aromatic carbocycles. The van der Waals surface area contributed by atoms with Crippen LogP contribution in [0.4, 0.5) is 0 Å². The van der Waals surface area contributed by atoms with Gasteiger partial charge in [-0.1, -0.05) is 6.07 Å². The van der Waals surface area contributed by atoms with Gasteiger partial charge in [0.2, 0.25) is 0 Å². The van der Waals surface area contributed by atoms with E-state index in [9.17, 15) is 0 Å². The highest BCUT2D eigenvalue weighted by Crippen LogP contribution is 2.16. The number of hydrogen-bond donors (Lipinski definition) is 1. The first-order valence-corrected chi connectivity index (χ1v) is 5.94. The first-order valence-electron chi connectivity index (χ1n) is 5.94. The van der Waals surface area contributed by atoms with Gasteiger partial charge < -0.3 is 5.32 Å². The van der Waals surface area contributed by atoms with Gasteiger partial charge in [0, 0.05) is 31.1 Å². The standard InChI is InChI=1S/C13H18N4/c1-3-17-13(7-9-16-17)12(14-2)10-11-6-4-5-8-15-11/h4-9,12,14H,3,10H2,1-2H3. The van der Waals surface area contributed by atoms with Crippen molar-refractivity contribution in [1.29, 1.82) is 0 Å². The van der Waals surface area contributed by atoms with E-state index in [-0.39, 0.29) is 6.04 Å². The Morgan fingerprint density at radius 3 is 2.82 bits per heavy atom. The minimum Gasteiger partial charge on any atom is -0.311 e. The molecule has 1 unspecified atom stereocenters. The predicted octanol–water partition coefficient (Wildman–Crippen LogP) is 1.80. The second kappa shape index (κ2) is 5.59. The molecule has 2 aromatic rings. The molecule has 0 radical (unpaired) electrons. The Labute approximate surface area is 102 Å². The Bertz CT molecular complexity index is 449. The van der Waals surface area contributed by atoms with Gasteiger partial charge in [0.25, 0.3) is 0 Å². The monoisotopic (exact) mass is 230 g/mol. The molecule has 1 N–H and O–H groups in total. The third-order valence-electron chi connectivity index (χ3n) is 2.89. The molecule has 0 saturated carbocycles. The molecule has 4 nitrogen and oxygen atoms in total. The topological polar surface area (TPSA) is 42.7 Å². The van der Waals surface area contributed by atoms with Crippen LogP contribution in [0.5, 0.6) is 0 Å². The Morgan fingerprint density at radius 2 is 2.18 bits per heavy atom. The Balaban J connectivity index is 2.17. The van der Waals surface area contributed by atoms with Gasteiger partial charge in [0.05, 0.1) is 11.7 Å². The van der Waals surface area contributed by atoms with Crippen LogP contribution < -0.4 is 5.32 Å². The maximum atomic E-state index is 4.36. The van der Waals surface area contributed by atoms with E-state index in [4.69, 9.17) is 0 Å². The van der Waals surface area contributed by atoms with Gasteiger partial charge in [-0.15, -0.1) is 0 Å². The molecule has 4 heteroatoms. The summed E-state index contributed by atoms with van der Waals surface area (Å²) < 4.78 is 2.02. The van der Waals surface area contributed by atoms with Gasteiger partial charge in [0.1, 0.15) is 0 Å². The zero-order chi connectivity index (χ0) is 12.1. The van der Waals surface area contributed by atoms with Crippen molar-refractivity contribution < 1.29 is 0 Å². The smallest absolute Gasteiger partial charge is 0.0557 e. The van der Waals surface area contributed by atoms with Crippen molar-refractivity contribution in [2.45, 2.75) is 25.9 Å². The fourth-order valence-corrected chi connectivity index (χ4v) is 1.99. The lowest BCUT2D eigenvalue weighted by molar-refractivity contribution is 0.510. The molecule has 0 aliphatic carbocycles. The summed E-state index contributed by atoms with van der Waals surface area (Å²) in [5, 5.41) is 7.63. The molecule has 0 aliphatic rings. The summed E-state index contributed by atoms with van der Waals surface area (Å²) in [6, 6.07) is 8.33. The molecule has 0 amide bonds. The van der Waals surface area contributed by atoms with Crippen molar-refractivity contribution >= 4 is 0 Å². The largest absolute Gasteiger partial charge is 0.311 e. The summed E-state index contributed by atoms with van der Waals surface area (Å²) >= 11 is 0. The van der Waals surface area contributed by atoms with Crippen LogP contribution in [0.2, 0.25) is 0 Å². The molecular weight excluding hydrogens is 212 g/mol. The van der Waals surface area contributed by atoms with Gasteiger partial charge in [-0.3, -0.25) is 9.67 Å². The second-order valence-electron chi connectivity index (χ2n) is 3.94. The number of nitrogens with one attached hydrogen (secondary N) is 1. The maximum Gasteiger partial charge on any atom is 0.0557 e. The minimum atomic E-state index is 0.257. The van der Waals surface area contributed by atoms with Gasteiger partial charge in [-0.25, -0.2) is 0 Å². The second-order valence-corrected chi connectivity index (χ2v) is 3.94. The normalized spacial score (nSPS) is 12.6. The Kier molecular flexibility index (Phi) is 3.88. The molecule has 1 atom stereocenters. The summed E-state index contributed by atoms with van der Waals surface area (Å²) in [5.41, 5.74) is 2.30. The zero-order valence-corrected chi connectivity index (χ0v) is 10.3. The maximum absolute atomic E-state index is 4.36. The van der Waals surface area contributed by atoms with E-state index >= 15 is 0 Å². The number of pyridine rings is 1. The Morgan fingerprint density at radius 1 is 1.29 bits per heavy atom. The molecule has 2 aromatic heterocycles. The molecule has 0 fully saturated rings. The quantitative estimate of drug-likeness (QED) is 0.851. The van der Waals surface area contributed by atoms with Crippen molar-refractivity contribution in [3.05, 3.63) is 48.0 Å². The van der Waals surface area contributed by atoms with E-state index in [1.807, 2.05) is 36.3 Å². The molecule has 0 bridgehead atoms. The van der Waals surface area contributed by atoms with Gasteiger partial charge in [-0.05, 0) is 32.2 Å². The van der Waals surface area contributed by atoms with Crippen molar-refractivity contribution in [2.24, 2.45) is 0 Å². The van der Waals surface area contributed by atoms with Gasteiger partial charge in [-0.2, -0.15) is 5.10 Å². The fraction of sp³-hybridized carbons (Fsp3) is 0.385. The van der Waals surface area contributed by atoms with Crippen LogP contribution in [0, 0.1) is 0 Å². The molecule has 2 rings (SSSR count). The molecule has 17 heavy (non-hydrogen) atoms. The van der Waals surface area contributed by atoms with Crippen LogP contribution in [0.25, 0.3) is 0 Å². The van der Waals surface area contributed by atoms with E-state index in [1.165, 1.54) is 5.69 Å². The number of hydrogen-bond acceptors (Lipinski definition) is 3. The van der Waals surface area contributed by atoms with Crippen molar-refractivity contribution in [2.75, 3.05) is 7.05 Å². The van der Waals surface area contributed by atoms with E-state index in [0.717, 1.165) is 18.7 Å². The SMILES string of the molecule is CCn1nccc1C(Cc1ccccn1)NC. The minimum absolute atomic E-state index is 0.257. The van der Waals surface area contributed by atoms with Gasteiger partial charge in [0.15, 0.2) is 0 Å². The molecular formula is C13H18N4. The third kappa shape index (κ3) is 2.71. The average molecular weight is 230 g/mol. The Hall–Kier alpha value is -1.68. The summed E-state index contributed by atoms with van der Waals surface area (Å²) in [5.74, 6) is 0. The van der Waals surface area contributed by atoms with E-state index < -0.39 is 0 Å². The number of aryl methyl sites for hydroxylation is 1. The lowest BCUT2D eigenvalue weighted by Crippen LogP contribution is -2.22. The zero-order valence-electron chi connectivity index (χ0n) is 10.3. The fourth-order valence-electron chi connectivity index (χ4n) is 1.99. The molecule has 0 saturated heterocycles.